The first-order chi connectivity index (χ1) is 10.1. The molecule has 0 fully saturated rings. The van der Waals surface area contributed by atoms with Gasteiger partial charge in [-0.05, 0) is 41.5 Å². The molecule has 2 aromatic carbocycles. The highest BCUT2D eigenvalue weighted by molar-refractivity contribution is 5.79. The lowest BCUT2D eigenvalue weighted by atomic mass is 9.98. The van der Waals surface area contributed by atoms with Gasteiger partial charge in [-0.2, -0.15) is 0 Å². The highest BCUT2D eigenvalue weighted by Crippen LogP contribution is 2.25. The normalized spacial score (nSPS) is 12.6. The van der Waals surface area contributed by atoms with Gasteiger partial charge >= 0.3 is 0 Å². The van der Waals surface area contributed by atoms with Gasteiger partial charge in [-0.3, -0.25) is 4.98 Å². The van der Waals surface area contributed by atoms with Crippen LogP contribution in [0.25, 0.3) is 10.9 Å². The number of benzene rings is 2. The van der Waals surface area contributed by atoms with Crippen molar-refractivity contribution in [3.05, 3.63) is 77.2 Å². The molecule has 0 aliphatic heterocycles. The third-order valence-corrected chi connectivity index (χ3v) is 3.35. The molecule has 0 amide bonds. The molecule has 1 atom stereocenters. The number of nitrogens with two attached hydrogens (primary N) is 1. The molecule has 106 valence electrons. The second kappa shape index (κ2) is 5.18. The van der Waals surface area contributed by atoms with Crippen LogP contribution in [0.5, 0.6) is 0 Å². The molecule has 1 unspecified atom stereocenters. The largest absolute Gasteiger partial charge is 0.320 e. The summed E-state index contributed by atoms with van der Waals surface area (Å²) in [5, 5.41) is 0.869. The Morgan fingerprint density at radius 2 is 1.62 bits per heavy atom. The van der Waals surface area contributed by atoms with Crippen LogP contribution in [0.2, 0.25) is 0 Å². The summed E-state index contributed by atoms with van der Waals surface area (Å²) in [5.41, 5.74) is 7.66. The predicted octanol–water partition coefficient (Wildman–Crippen LogP) is 3.70. The average molecular weight is 288 g/mol. The summed E-state index contributed by atoms with van der Waals surface area (Å²) in [4.78, 5) is 4.18. The van der Waals surface area contributed by atoms with Crippen molar-refractivity contribution >= 4 is 10.9 Å². The maximum Gasteiger partial charge on any atom is 0.194 e. The zero-order chi connectivity index (χ0) is 15.0. The van der Waals surface area contributed by atoms with E-state index in [0.717, 1.165) is 23.0 Å². The van der Waals surface area contributed by atoms with Crippen molar-refractivity contribution in [3.8, 4) is 0 Å². The van der Waals surface area contributed by atoms with Crippen LogP contribution in [0.3, 0.4) is 0 Å². The minimum absolute atomic E-state index is 0.176. The third kappa shape index (κ3) is 2.48. The van der Waals surface area contributed by atoms with Gasteiger partial charge in [0.2, 0.25) is 0 Å². The minimum Gasteiger partial charge on any atom is -0.320 e. The molecule has 0 aliphatic rings. The van der Waals surface area contributed by atoms with E-state index < -0.39 is 23.5 Å². The molecule has 0 spiro atoms. The van der Waals surface area contributed by atoms with Gasteiger partial charge in [0, 0.05) is 11.6 Å². The lowest BCUT2D eigenvalue weighted by Gasteiger charge is -2.14. The highest BCUT2D eigenvalue weighted by Gasteiger charge is 2.16. The first-order valence-electron chi connectivity index (χ1n) is 6.31. The van der Waals surface area contributed by atoms with E-state index >= 15 is 0 Å². The number of fused-ring (bicyclic) bond motifs is 1. The number of aromatic nitrogens is 1. The molecule has 0 saturated carbocycles. The van der Waals surface area contributed by atoms with Crippen molar-refractivity contribution in [2.75, 3.05) is 0 Å². The molecule has 5 heteroatoms. The molecule has 0 aliphatic carbocycles. The van der Waals surface area contributed by atoms with E-state index in [2.05, 4.69) is 4.98 Å². The fraction of sp³-hybridized carbons (Fsp3) is 0.0625. The number of nitrogens with zero attached hydrogens (tertiary/aromatic N) is 1. The molecular weight excluding hydrogens is 277 g/mol. The Balaban J connectivity index is 2.05. The average Bonchev–Trinajstić information content (AvgIpc) is 2.51. The van der Waals surface area contributed by atoms with Crippen LogP contribution in [-0.2, 0) is 0 Å². The molecule has 0 bridgehead atoms. The molecule has 1 aromatic heterocycles. The summed E-state index contributed by atoms with van der Waals surface area (Å²) in [5.74, 6) is -3.99. The van der Waals surface area contributed by atoms with Gasteiger partial charge in [-0.25, -0.2) is 13.2 Å². The van der Waals surface area contributed by atoms with Crippen molar-refractivity contribution < 1.29 is 13.2 Å². The van der Waals surface area contributed by atoms with Crippen LogP contribution in [-0.4, -0.2) is 4.98 Å². The maximum absolute atomic E-state index is 13.3. The molecule has 0 radical (unpaired) electrons. The van der Waals surface area contributed by atoms with Gasteiger partial charge in [-0.1, -0.05) is 12.1 Å². The molecule has 0 saturated heterocycles. The van der Waals surface area contributed by atoms with E-state index in [0.29, 0.717) is 5.56 Å². The number of halogens is 3. The fourth-order valence-electron chi connectivity index (χ4n) is 2.23. The molecule has 21 heavy (non-hydrogen) atoms. The van der Waals surface area contributed by atoms with Crippen molar-refractivity contribution in [2.45, 2.75) is 6.04 Å². The molecule has 2 N–H and O–H groups in total. The van der Waals surface area contributed by atoms with Gasteiger partial charge in [0.1, 0.15) is 0 Å². The second-order valence-corrected chi connectivity index (χ2v) is 4.73. The topological polar surface area (TPSA) is 38.9 Å². The Kier molecular flexibility index (Phi) is 3.35. The van der Waals surface area contributed by atoms with Crippen LogP contribution in [0.1, 0.15) is 17.2 Å². The number of rotatable bonds is 2. The third-order valence-electron chi connectivity index (χ3n) is 3.35. The number of pyridine rings is 1. The van der Waals surface area contributed by atoms with E-state index in [1.54, 1.807) is 30.5 Å². The lowest BCUT2D eigenvalue weighted by Crippen LogP contribution is -2.13. The summed E-state index contributed by atoms with van der Waals surface area (Å²) in [6.45, 7) is 0. The van der Waals surface area contributed by atoms with Crippen molar-refractivity contribution in [1.29, 1.82) is 0 Å². The van der Waals surface area contributed by atoms with Crippen molar-refractivity contribution in [3.63, 3.8) is 0 Å². The Hall–Kier alpha value is -2.40. The van der Waals surface area contributed by atoms with E-state index in [9.17, 15) is 13.2 Å². The Morgan fingerprint density at radius 3 is 2.33 bits per heavy atom. The molecule has 3 rings (SSSR count). The monoisotopic (exact) mass is 288 g/mol. The van der Waals surface area contributed by atoms with Crippen molar-refractivity contribution in [1.82, 2.24) is 4.98 Å². The van der Waals surface area contributed by atoms with Crippen LogP contribution in [0, 0.1) is 17.5 Å². The first-order valence-corrected chi connectivity index (χ1v) is 6.31. The lowest BCUT2D eigenvalue weighted by molar-refractivity contribution is 0.444. The van der Waals surface area contributed by atoms with Crippen LogP contribution >= 0.6 is 0 Å². The summed E-state index contributed by atoms with van der Waals surface area (Å²) in [6, 6.07) is 10.0. The Labute approximate surface area is 119 Å². The van der Waals surface area contributed by atoms with Gasteiger partial charge in [0.15, 0.2) is 17.5 Å². The first kappa shape index (κ1) is 13.6. The van der Waals surface area contributed by atoms with Gasteiger partial charge in [0.25, 0.3) is 0 Å². The number of hydrogen-bond acceptors (Lipinski definition) is 2. The minimum atomic E-state index is -1.49. The van der Waals surface area contributed by atoms with Gasteiger partial charge < -0.3 is 5.73 Å². The summed E-state index contributed by atoms with van der Waals surface area (Å²) in [7, 11) is 0. The van der Waals surface area contributed by atoms with E-state index in [1.807, 2.05) is 6.07 Å². The van der Waals surface area contributed by atoms with E-state index in [1.165, 1.54) is 0 Å². The summed E-state index contributed by atoms with van der Waals surface area (Å²) >= 11 is 0. The zero-order valence-corrected chi connectivity index (χ0v) is 10.9. The maximum atomic E-state index is 13.3. The fourth-order valence-corrected chi connectivity index (χ4v) is 2.23. The Morgan fingerprint density at radius 1 is 0.905 bits per heavy atom. The molecule has 1 heterocycles. The molecular formula is C16H11F3N2. The Bertz CT molecular complexity index is 794. The second-order valence-electron chi connectivity index (χ2n) is 4.73. The highest BCUT2D eigenvalue weighted by atomic mass is 19.2. The summed E-state index contributed by atoms with van der Waals surface area (Å²) < 4.78 is 39.6. The molecule has 3 aromatic rings. The van der Waals surface area contributed by atoms with Crippen molar-refractivity contribution in [2.24, 2.45) is 5.73 Å². The predicted molar refractivity (Wildman–Crippen MR) is 74.1 cm³/mol. The van der Waals surface area contributed by atoms with Crippen LogP contribution < -0.4 is 5.73 Å². The van der Waals surface area contributed by atoms with Gasteiger partial charge in [0.05, 0.1) is 11.6 Å². The van der Waals surface area contributed by atoms with Crippen LogP contribution in [0.4, 0.5) is 13.2 Å². The van der Waals surface area contributed by atoms with E-state index in [4.69, 9.17) is 5.73 Å². The van der Waals surface area contributed by atoms with Gasteiger partial charge in [-0.15, -0.1) is 0 Å². The number of hydrogen-bond donors (Lipinski definition) is 1. The van der Waals surface area contributed by atoms with Crippen LogP contribution in [0.15, 0.2) is 48.7 Å². The molecule has 2 nitrogen and oxygen atoms in total. The SMILES string of the molecule is NC(c1cc(F)c(F)c(F)c1)c1ccc2ncccc2c1. The quantitative estimate of drug-likeness (QED) is 0.730. The standard InChI is InChI=1S/C16H11F3N2/c17-12-7-11(8-13(18)15(12)19)16(20)10-3-4-14-9(6-10)2-1-5-21-14/h1-8,16H,20H2. The smallest absolute Gasteiger partial charge is 0.194 e. The zero-order valence-electron chi connectivity index (χ0n) is 10.9. The summed E-state index contributed by atoms with van der Waals surface area (Å²) in [6.07, 6.45) is 1.67. The van der Waals surface area contributed by atoms with E-state index in [-0.39, 0.29) is 5.56 Å².